The number of anilines is 1. The van der Waals surface area contributed by atoms with Crippen LogP contribution in [0.4, 0.5) is 10.5 Å². The molecule has 0 atom stereocenters. The van der Waals surface area contributed by atoms with Gasteiger partial charge in [0.15, 0.2) is 0 Å². The molecule has 7 nitrogen and oxygen atoms in total. The number of primary amides is 1. The molecule has 0 aliphatic heterocycles. The Balaban J connectivity index is 2.56. The number of carbonyl (C=O) groups excluding carboxylic acids is 2. The quantitative estimate of drug-likeness (QED) is 0.822. The SMILES string of the molecule is CCOC(=O)c1cccc(N(C(N)=O)S(=O)(=O)c2ccccc2C)c1. The summed E-state index contributed by atoms with van der Waals surface area (Å²) in [6, 6.07) is 10.6. The van der Waals surface area contributed by atoms with Gasteiger partial charge in [-0.25, -0.2) is 18.0 Å². The predicted molar refractivity (Wildman–Crippen MR) is 92.8 cm³/mol. The molecule has 2 amide bonds. The van der Waals surface area contributed by atoms with E-state index in [2.05, 4.69) is 0 Å². The Hall–Kier alpha value is -2.87. The molecule has 2 N–H and O–H groups in total. The zero-order chi connectivity index (χ0) is 18.6. The summed E-state index contributed by atoms with van der Waals surface area (Å²) < 4.78 is 31.2. The van der Waals surface area contributed by atoms with E-state index in [4.69, 9.17) is 10.5 Å². The van der Waals surface area contributed by atoms with E-state index < -0.39 is 22.0 Å². The lowest BCUT2D eigenvalue weighted by Gasteiger charge is -2.21. The number of hydrogen-bond donors (Lipinski definition) is 1. The number of nitrogens with zero attached hydrogens (tertiary/aromatic N) is 1. The first-order chi connectivity index (χ1) is 11.8. The van der Waals surface area contributed by atoms with Crippen molar-refractivity contribution in [3.05, 3.63) is 59.7 Å². The van der Waals surface area contributed by atoms with Crippen molar-refractivity contribution in [2.75, 3.05) is 10.9 Å². The van der Waals surface area contributed by atoms with Crippen LogP contribution in [0.1, 0.15) is 22.8 Å². The molecular formula is C17H18N2O5S. The number of esters is 1. The van der Waals surface area contributed by atoms with E-state index in [9.17, 15) is 18.0 Å². The van der Waals surface area contributed by atoms with E-state index in [1.807, 2.05) is 0 Å². The van der Waals surface area contributed by atoms with Gasteiger partial charge in [-0.1, -0.05) is 24.3 Å². The molecule has 2 aromatic carbocycles. The molecule has 0 aliphatic carbocycles. The fourth-order valence-corrected chi connectivity index (χ4v) is 3.85. The van der Waals surface area contributed by atoms with Gasteiger partial charge in [-0.3, -0.25) is 0 Å². The highest BCUT2D eigenvalue weighted by molar-refractivity contribution is 7.93. The highest BCUT2D eigenvalue weighted by Crippen LogP contribution is 2.26. The highest BCUT2D eigenvalue weighted by atomic mass is 32.2. The molecule has 0 bridgehead atoms. The van der Waals surface area contributed by atoms with E-state index in [0.717, 1.165) is 0 Å². The second-order valence-electron chi connectivity index (χ2n) is 5.14. The van der Waals surface area contributed by atoms with Crippen molar-refractivity contribution in [3.8, 4) is 0 Å². The lowest BCUT2D eigenvalue weighted by molar-refractivity contribution is 0.0526. The number of carbonyl (C=O) groups is 2. The maximum Gasteiger partial charge on any atom is 0.338 e. The van der Waals surface area contributed by atoms with Crippen LogP contribution in [-0.2, 0) is 14.8 Å². The number of sulfonamides is 1. The third kappa shape index (κ3) is 3.80. The van der Waals surface area contributed by atoms with Crippen molar-refractivity contribution in [2.24, 2.45) is 5.73 Å². The first-order valence-electron chi connectivity index (χ1n) is 7.46. The van der Waals surface area contributed by atoms with Crippen LogP contribution in [0.2, 0.25) is 0 Å². The zero-order valence-electron chi connectivity index (χ0n) is 13.8. The fraction of sp³-hybridized carbons (Fsp3) is 0.176. The van der Waals surface area contributed by atoms with Gasteiger partial charge in [0.2, 0.25) is 0 Å². The first-order valence-corrected chi connectivity index (χ1v) is 8.90. The molecule has 8 heteroatoms. The summed E-state index contributed by atoms with van der Waals surface area (Å²) in [7, 11) is -4.23. The standard InChI is InChI=1S/C17H18N2O5S/c1-3-24-16(20)13-8-6-9-14(11-13)19(17(18)21)25(22,23)15-10-5-4-7-12(15)2/h4-11H,3H2,1-2H3,(H2,18,21). The molecular weight excluding hydrogens is 344 g/mol. The van der Waals surface area contributed by atoms with Crippen molar-refractivity contribution in [2.45, 2.75) is 18.7 Å². The molecule has 0 fully saturated rings. The summed E-state index contributed by atoms with van der Waals surface area (Å²) in [5, 5.41) is 0. The topological polar surface area (TPSA) is 107 Å². The average molecular weight is 362 g/mol. The number of rotatable bonds is 5. The van der Waals surface area contributed by atoms with E-state index in [0.29, 0.717) is 9.87 Å². The lowest BCUT2D eigenvalue weighted by Crippen LogP contribution is -2.41. The maximum atomic E-state index is 12.9. The van der Waals surface area contributed by atoms with Crippen molar-refractivity contribution in [1.82, 2.24) is 0 Å². The van der Waals surface area contributed by atoms with Gasteiger partial charge in [-0.2, -0.15) is 4.31 Å². The van der Waals surface area contributed by atoms with Crippen LogP contribution in [0, 0.1) is 6.92 Å². The van der Waals surface area contributed by atoms with E-state index >= 15 is 0 Å². The molecule has 2 rings (SSSR count). The average Bonchev–Trinajstić information content (AvgIpc) is 2.55. The van der Waals surface area contributed by atoms with Crippen molar-refractivity contribution in [1.29, 1.82) is 0 Å². The molecule has 0 aliphatic rings. The summed E-state index contributed by atoms with van der Waals surface area (Å²) in [6.45, 7) is 3.44. The monoisotopic (exact) mass is 362 g/mol. The highest BCUT2D eigenvalue weighted by Gasteiger charge is 2.31. The Morgan fingerprint density at radius 2 is 1.80 bits per heavy atom. The molecule has 0 saturated carbocycles. The third-order valence-electron chi connectivity index (χ3n) is 3.40. The number of ether oxygens (including phenoxy) is 1. The Morgan fingerprint density at radius 1 is 1.12 bits per heavy atom. The molecule has 0 unspecified atom stereocenters. The smallest absolute Gasteiger partial charge is 0.338 e. The molecule has 0 spiro atoms. The number of hydrogen-bond acceptors (Lipinski definition) is 5. The van der Waals surface area contributed by atoms with Crippen molar-refractivity contribution >= 4 is 27.7 Å². The zero-order valence-corrected chi connectivity index (χ0v) is 14.6. The van der Waals surface area contributed by atoms with Crippen LogP contribution in [0.5, 0.6) is 0 Å². The van der Waals surface area contributed by atoms with Crippen LogP contribution < -0.4 is 10.0 Å². The minimum atomic E-state index is -4.23. The van der Waals surface area contributed by atoms with Gasteiger partial charge < -0.3 is 10.5 Å². The van der Waals surface area contributed by atoms with Gasteiger partial charge in [0, 0.05) is 0 Å². The number of amides is 2. The Labute approximate surface area is 146 Å². The maximum absolute atomic E-state index is 12.9. The van der Waals surface area contributed by atoms with Gasteiger partial charge in [0.25, 0.3) is 10.0 Å². The third-order valence-corrected chi connectivity index (χ3v) is 5.29. The molecule has 0 radical (unpaired) electrons. The fourth-order valence-electron chi connectivity index (χ4n) is 2.30. The minimum Gasteiger partial charge on any atom is -0.462 e. The Morgan fingerprint density at radius 3 is 2.40 bits per heavy atom. The number of nitrogens with two attached hydrogens (primary N) is 1. The van der Waals surface area contributed by atoms with Crippen molar-refractivity contribution < 1.29 is 22.7 Å². The van der Waals surface area contributed by atoms with Gasteiger partial charge in [0.05, 0.1) is 22.8 Å². The largest absolute Gasteiger partial charge is 0.462 e. The van der Waals surface area contributed by atoms with E-state index in [1.54, 1.807) is 32.0 Å². The van der Waals surface area contributed by atoms with Gasteiger partial charge in [0.1, 0.15) is 0 Å². The van der Waals surface area contributed by atoms with Crippen LogP contribution in [0.25, 0.3) is 0 Å². The number of benzene rings is 2. The molecule has 0 saturated heterocycles. The van der Waals surface area contributed by atoms with E-state index in [-0.39, 0.29) is 22.8 Å². The number of aryl methyl sites for hydroxylation is 1. The predicted octanol–water partition coefficient (Wildman–Crippen LogP) is 2.45. The molecule has 25 heavy (non-hydrogen) atoms. The summed E-state index contributed by atoms with van der Waals surface area (Å²) in [5.74, 6) is -0.623. The summed E-state index contributed by atoms with van der Waals surface area (Å²) in [4.78, 5) is 23.7. The van der Waals surface area contributed by atoms with E-state index in [1.165, 1.54) is 30.3 Å². The van der Waals surface area contributed by atoms with Gasteiger partial charge in [-0.15, -0.1) is 0 Å². The van der Waals surface area contributed by atoms with Crippen LogP contribution in [0.3, 0.4) is 0 Å². The normalized spacial score (nSPS) is 11.0. The van der Waals surface area contributed by atoms with Crippen LogP contribution in [-0.4, -0.2) is 27.0 Å². The minimum absolute atomic E-state index is 0.0405. The Kier molecular flexibility index (Phi) is 5.43. The second-order valence-corrected chi connectivity index (χ2v) is 6.90. The summed E-state index contributed by atoms with van der Waals surface area (Å²) in [5.41, 5.74) is 5.86. The van der Waals surface area contributed by atoms with Crippen molar-refractivity contribution in [3.63, 3.8) is 0 Å². The Bertz CT molecular complexity index is 909. The van der Waals surface area contributed by atoms with Gasteiger partial charge >= 0.3 is 12.0 Å². The number of urea groups is 1. The van der Waals surface area contributed by atoms with Crippen LogP contribution in [0.15, 0.2) is 53.4 Å². The van der Waals surface area contributed by atoms with Crippen LogP contribution >= 0.6 is 0 Å². The molecule has 0 heterocycles. The molecule has 132 valence electrons. The lowest BCUT2D eigenvalue weighted by atomic mass is 10.2. The van der Waals surface area contributed by atoms with Gasteiger partial charge in [-0.05, 0) is 43.7 Å². The first kappa shape index (κ1) is 18.5. The molecule has 2 aromatic rings. The summed E-state index contributed by atoms with van der Waals surface area (Å²) >= 11 is 0. The summed E-state index contributed by atoms with van der Waals surface area (Å²) in [6.07, 6.45) is 0. The molecule has 0 aromatic heterocycles. The second kappa shape index (κ2) is 7.35.